The van der Waals surface area contributed by atoms with Crippen molar-refractivity contribution in [3.05, 3.63) is 0 Å². The lowest BCUT2D eigenvalue weighted by Crippen LogP contribution is -2.30. The maximum Gasteiger partial charge on any atom is 0.0122 e. The van der Waals surface area contributed by atoms with Crippen LogP contribution in [0.25, 0.3) is 0 Å². The Morgan fingerprint density at radius 2 is 1.73 bits per heavy atom. The first-order chi connectivity index (χ1) is 6.95. The van der Waals surface area contributed by atoms with Crippen LogP contribution in [0, 0.1) is 17.3 Å². The molecule has 0 aromatic rings. The van der Waals surface area contributed by atoms with Crippen molar-refractivity contribution in [3.8, 4) is 0 Å². The lowest BCUT2D eigenvalue weighted by molar-refractivity contribution is 0.123. The van der Waals surface area contributed by atoms with Crippen LogP contribution in [-0.4, -0.2) is 4.83 Å². The molecule has 90 valence electrons. The molecule has 1 heteroatoms. The highest BCUT2D eigenvalue weighted by molar-refractivity contribution is 9.09. The monoisotopic (exact) mass is 274 g/mol. The molecule has 0 amide bonds. The number of halogens is 1. The van der Waals surface area contributed by atoms with Crippen LogP contribution in [0.2, 0.25) is 0 Å². The largest absolute Gasteiger partial charge is 0.0893 e. The molecule has 1 fully saturated rings. The maximum atomic E-state index is 3.70. The van der Waals surface area contributed by atoms with E-state index >= 15 is 0 Å². The second kappa shape index (κ2) is 5.70. The number of alkyl halides is 1. The summed E-state index contributed by atoms with van der Waals surface area (Å²) in [6, 6.07) is 0. The zero-order valence-electron chi connectivity index (χ0n) is 10.9. The molecule has 0 radical (unpaired) electrons. The van der Waals surface area contributed by atoms with E-state index in [0.29, 0.717) is 10.2 Å². The molecule has 0 bridgehead atoms. The van der Waals surface area contributed by atoms with Crippen LogP contribution < -0.4 is 0 Å². The summed E-state index contributed by atoms with van der Waals surface area (Å²) in [5.74, 6) is 1.98. The van der Waals surface area contributed by atoms with E-state index < -0.39 is 0 Å². The summed E-state index contributed by atoms with van der Waals surface area (Å²) in [7, 11) is 0. The molecule has 0 spiro atoms. The summed E-state index contributed by atoms with van der Waals surface area (Å²) in [5, 5.41) is 0. The molecule has 0 aromatic heterocycles. The topological polar surface area (TPSA) is 0 Å². The molecule has 0 heterocycles. The van der Waals surface area contributed by atoms with Gasteiger partial charge in [-0.05, 0) is 36.5 Å². The van der Waals surface area contributed by atoms with Gasteiger partial charge in [0.25, 0.3) is 0 Å². The Bertz CT molecular complexity index is 176. The summed E-state index contributed by atoms with van der Waals surface area (Å²) in [6.07, 6.45) is 8.58. The minimum absolute atomic E-state index is 0.529. The Kier molecular flexibility index (Phi) is 5.15. The van der Waals surface area contributed by atoms with E-state index in [1.807, 2.05) is 0 Å². The Labute approximate surface area is 104 Å². The summed E-state index contributed by atoms with van der Waals surface area (Å²) < 4.78 is 0. The highest BCUT2D eigenvalue weighted by Gasteiger charge is 2.33. The van der Waals surface area contributed by atoms with Crippen LogP contribution in [0.5, 0.6) is 0 Å². The normalized spacial score (nSPS) is 30.2. The third-order valence-electron chi connectivity index (χ3n) is 4.34. The SMILES string of the molecule is CCC1CCC(C(C)(C)CC(C)Br)CC1. The van der Waals surface area contributed by atoms with Crippen LogP contribution in [0.1, 0.15) is 66.2 Å². The molecular formula is C14H27Br. The summed E-state index contributed by atoms with van der Waals surface area (Å²) in [4.78, 5) is 0.663. The van der Waals surface area contributed by atoms with Crippen molar-refractivity contribution < 1.29 is 0 Å². The van der Waals surface area contributed by atoms with Gasteiger partial charge in [0.05, 0.1) is 0 Å². The van der Waals surface area contributed by atoms with Gasteiger partial charge < -0.3 is 0 Å². The lowest BCUT2D eigenvalue weighted by Gasteiger charge is -2.40. The maximum absolute atomic E-state index is 3.70. The van der Waals surface area contributed by atoms with Crippen molar-refractivity contribution >= 4 is 15.9 Å². The van der Waals surface area contributed by atoms with Gasteiger partial charge in [-0.3, -0.25) is 0 Å². The molecule has 1 unspecified atom stereocenters. The Hall–Kier alpha value is 0.480. The summed E-state index contributed by atoms with van der Waals surface area (Å²) in [5.41, 5.74) is 0.529. The van der Waals surface area contributed by atoms with Crippen molar-refractivity contribution in [2.24, 2.45) is 17.3 Å². The molecule has 15 heavy (non-hydrogen) atoms. The zero-order valence-corrected chi connectivity index (χ0v) is 12.4. The van der Waals surface area contributed by atoms with Crippen molar-refractivity contribution in [1.29, 1.82) is 0 Å². The lowest BCUT2D eigenvalue weighted by atomic mass is 9.67. The van der Waals surface area contributed by atoms with Crippen LogP contribution in [0.15, 0.2) is 0 Å². The second-order valence-corrected chi connectivity index (χ2v) is 7.66. The highest BCUT2D eigenvalue weighted by atomic mass is 79.9. The summed E-state index contributed by atoms with van der Waals surface area (Å²) >= 11 is 3.70. The van der Waals surface area contributed by atoms with Gasteiger partial charge in [-0.25, -0.2) is 0 Å². The molecule has 1 saturated carbocycles. The molecule has 0 saturated heterocycles. The van der Waals surface area contributed by atoms with Gasteiger partial charge in [-0.15, -0.1) is 0 Å². The summed E-state index contributed by atoms with van der Waals surface area (Å²) in [6.45, 7) is 9.54. The van der Waals surface area contributed by atoms with E-state index in [4.69, 9.17) is 0 Å². The van der Waals surface area contributed by atoms with Gasteiger partial charge in [0.2, 0.25) is 0 Å². The third kappa shape index (κ3) is 4.09. The molecule has 0 N–H and O–H groups in total. The fourth-order valence-corrected chi connectivity index (χ4v) is 4.08. The number of rotatable bonds is 4. The van der Waals surface area contributed by atoms with Crippen molar-refractivity contribution in [1.82, 2.24) is 0 Å². The first-order valence-corrected chi connectivity index (χ1v) is 7.51. The second-order valence-electron chi connectivity index (χ2n) is 6.10. The first-order valence-electron chi connectivity index (χ1n) is 6.59. The fraction of sp³-hybridized carbons (Fsp3) is 1.00. The molecular weight excluding hydrogens is 248 g/mol. The Balaban J connectivity index is 2.44. The van der Waals surface area contributed by atoms with Crippen LogP contribution in [0.4, 0.5) is 0 Å². The van der Waals surface area contributed by atoms with Gasteiger partial charge >= 0.3 is 0 Å². The van der Waals surface area contributed by atoms with Crippen LogP contribution >= 0.6 is 15.9 Å². The Morgan fingerprint density at radius 1 is 1.20 bits per heavy atom. The van der Waals surface area contributed by atoms with E-state index in [0.717, 1.165) is 11.8 Å². The van der Waals surface area contributed by atoms with Gasteiger partial charge in [0.15, 0.2) is 0 Å². The van der Waals surface area contributed by atoms with Crippen molar-refractivity contribution in [2.45, 2.75) is 71.0 Å². The molecule has 0 nitrogen and oxygen atoms in total. The molecule has 0 aliphatic heterocycles. The third-order valence-corrected chi connectivity index (χ3v) is 4.66. The van der Waals surface area contributed by atoms with Crippen LogP contribution in [-0.2, 0) is 0 Å². The number of hydrogen-bond acceptors (Lipinski definition) is 0. The van der Waals surface area contributed by atoms with Crippen LogP contribution in [0.3, 0.4) is 0 Å². The van der Waals surface area contributed by atoms with Crippen molar-refractivity contribution in [3.63, 3.8) is 0 Å². The molecule has 0 aromatic carbocycles. The molecule has 1 atom stereocenters. The van der Waals surface area contributed by atoms with E-state index in [2.05, 4.69) is 43.6 Å². The molecule has 1 aliphatic rings. The van der Waals surface area contributed by atoms with E-state index in [9.17, 15) is 0 Å². The number of hydrogen-bond donors (Lipinski definition) is 0. The minimum Gasteiger partial charge on any atom is -0.0893 e. The molecule has 1 aliphatic carbocycles. The predicted octanol–water partition coefficient (Wildman–Crippen LogP) is 5.40. The van der Waals surface area contributed by atoms with Gasteiger partial charge in [-0.2, -0.15) is 0 Å². The van der Waals surface area contributed by atoms with Gasteiger partial charge in [-0.1, -0.05) is 62.9 Å². The Morgan fingerprint density at radius 3 is 2.13 bits per heavy atom. The minimum atomic E-state index is 0.529. The van der Waals surface area contributed by atoms with Gasteiger partial charge in [0, 0.05) is 4.83 Å². The predicted molar refractivity (Wildman–Crippen MR) is 72.5 cm³/mol. The van der Waals surface area contributed by atoms with Crippen molar-refractivity contribution in [2.75, 3.05) is 0 Å². The van der Waals surface area contributed by atoms with E-state index in [-0.39, 0.29) is 0 Å². The quantitative estimate of drug-likeness (QED) is 0.602. The zero-order chi connectivity index (χ0) is 11.5. The van der Waals surface area contributed by atoms with Gasteiger partial charge in [0.1, 0.15) is 0 Å². The first kappa shape index (κ1) is 13.5. The van der Waals surface area contributed by atoms with E-state index in [1.165, 1.54) is 38.5 Å². The molecule has 1 rings (SSSR count). The highest BCUT2D eigenvalue weighted by Crippen LogP contribution is 2.44. The standard InChI is InChI=1S/C14H27Br/c1-5-12-6-8-13(9-7-12)14(3,4)10-11(2)15/h11-13H,5-10H2,1-4H3. The fourth-order valence-electron chi connectivity index (χ4n) is 3.24. The average molecular weight is 275 g/mol. The smallest absolute Gasteiger partial charge is 0.0122 e. The van der Waals surface area contributed by atoms with E-state index in [1.54, 1.807) is 0 Å². The average Bonchev–Trinajstić information content (AvgIpc) is 2.16.